The van der Waals surface area contributed by atoms with Crippen molar-refractivity contribution in [1.29, 1.82) is 0 Å². The van der Waals surface area contributed by atoms with Crippen LogP contribution >= 0.6 is 23.2 Å². The molecule has 0 aliphatic heterocycles. The standard InChI is InChI=1S/C11H9Cl2N5O/c12-6-1-2-7(13)8(3-6)17-11(19)9-4-16-10(18-14)5-15-9/h1-5H,14H2,(H,16,18)(H,17,19). The van der Waals surface area contributed by atoms with Gasteiger partial charge in [-0.1, -0.05) is 23.2 Å². The van der Waals surface area contributed by atoms with Crippen LogP contribution in [0.3, 0.4) is 0 Å². The van der Waals surface area contributed by atoms with Crippen molar-refractivity contribution in [3.63, 3.8) is 0 Å². The minimum atomic E-state index is -0.444. The molecule has 0 unspecified atom stereocenters. The number of carbonyl (C=O) groups is 1. The minimum absolute atomic E-state index is 0.134. The zero-order valence-corrected chi connectivity index (χ0v) is 11.0. The first-order valence-electron chi connectivity index (χ1n) is 5.15. The highest BCUT2D eigenvalue weighted by Gasteiger charge is 2.10. The molecule has 0 fully saturated rings. The lowest BCUT2D eigenvalue weighted by Gasteiger charge is -2.07. The second-order valence-corrected chi connectivity index (χ2v) is 4.35. The molecule has 1 heterocycles. The molecule has 0 bridgehead atoms. The molecule has 0 atom stereocenters. The molecule has 0 radical (unpaired) electrons. The number of nitrogen functional groups attached to an aromatic ring is 1. The highest BCUT2D eigenvalue weighted by molar-refractivity contribution is 6.35. The number of halogens is 2. The van der Waals surface area contributed by atoms with Crippen LogP contribution in [0.5, 0.6) is 0 Å². The van der Waals surface area contributed by atoms with Crippen LogP contribution in [-0.4, -0.2) is 15.9 Å². The predicted octanol–water partition coefficient (Wildman–Crippen LogP) is 2.32. The maximum absolute atomic E-state index is 11.9. The number of benzene rings is 1. The molecule has 6 nitrogen and oxygen atoms in total. The summed E-state index contributed by atoms with van der Waals surface area (Å²) < 4.78 is 0. The predicted molar refractivity (Wildman–Crippen MR) is 74.3 cm³/mol. The molecule has 1 amide bonds. The lowest BCUT2D eigenvalue weighted by molar-refractivity contribution is 0.102. The second kappa shape index (κ2) is 5.83. The monoisotopic (exact) mass is 297 g/mol. The molecule has 0 saturated carbocycles. The largest absolute Gasteiger partial charge is 0.319 e. The highest BCUT2D eigenvalue weighted by Crippen LogP contribution is 2.25. The van der Waals surface area contributed by atoms with Crippen LogP contribution in [0, 0.1) is 0 Å². The van der Waals surface area contributed by atoms with E-state index in [9.17, 15) is 4.79 Å². The van der Waals surface area contributed by atoms with Gasteiger partial charge in [-0.15, -0.1) is 0 Å². The van der Waals surface area contributed by atoms with Gasteiger partial charge in [0.1, 0.15) is 5.69 Å². The summed E-state index contributed by atoms with van der Waals surface area (Å²) in [6.45, 7) is 0. The molecule has 98 valence electrons. The Morgan fingerprint density at radius 3 is 2.63 bits per heavy atom. The van der Waals surface area contributed by atoms with E-state index in [1.807, 2.05) is 0 Å². The number of nitrogens with zero attached hydrogens (tertiary/aromatic N) is 2. The Labute approximate surface area is 118 Å². The van der Waals surface area contributed by atoms with Gasteiger partial charge in [0.05, 0.1) is 23.1 Å². The average Bonchev–Trinajstić information content (AvgIpc) is 2.43. The van der Waals surface area contributed by atoms with Crippen LogP contribution in [0.2, 0.25) is 10.0 Å². The number of hydrogen-bond donors (Lipinski definition) is 3. The van der Waals surface area contributed by atoms with Crippen molar-refractivity contribution in [2.24, 2.45) is 5.84 Å². The normalized spacial score (nSPS) is 10.1. The van der Waals surface area contributed by atoms with Crippen molar-refractivity contribution >= 4 is 40.6 Å². The Balaban J connectivity index is 2.18. The molecule has 2 aromatic rings. The fourth-order valence-corrected chi connectivity index (χ4v) is 1.64. The van der Waals surface area contributed by atoms with Crippen LogP contribution in [0.1, 0.15) is 10.5 Å². The fraction of sp³-hybridized carbons (Fsp3) is 0. The number of rotatable bonds is 3. The van der Waals surface area contributed by atoms with Crippen LogP contribution in [0.15, 0.2) is 30.6 Å². The van der Waals surface area contributed by atoms with Crippen molar-refractivity contribution in [3.05, 3.63) is 46.3 Å². The third-order valence-electron chi connectivity index (χ3n) is 2.21. The number of aromatic nitrogens is 2. The first kappa shape index (κ1) is 13.5. The Morgan fingerprint density at radius 1 is 1.21 bits per heavy atom. The number of nitrogens with two attached hydrogens (primary N) is 1. The molecule has 0 saturated heterocycles. The smallest absolute Gasteiger partial charge is 0.275 e. The molecule has 1 aromatic carbocycles. The van der Waals surface area contributed by atoms with Gasteiger partial charge in [-0.2, -0.15) is 0 Å². The number of hydrazine groups is 1. The van der Waals surface area contributed by atoms with E-state index in [-0.39, 0.29) is 5.69 Å². The van der Waals surface area contributed by atoms with E-state index in [0.717, 1.165) is 0 Å². The molecule has 0 spiro atoms. The van der Waals surface area contributed by atoms with E-state index in [1.54, 1.807) is 18.2 Å². The zero-order valence-electron chi connectivity index (χ0n) is 9.52. The molecule has 1 aromatic heterocycles. The van der Waals surface area contributed by atoms with Gasteiger partial charge in [0.15, 0.2) is 5.82 Å². The zero-order chi connectivity index (χ0) is 13.8. The van der Waals surface area contributed by atoms with Gasteiger partial charge in [0.25, 0.3) is 5.91 Å². The fourth-order valence-electron chi connectivity index (χ4n) is 1.30. The van der Waals surface area contributed by atoms with Crippen molar-refractivity contribution in [3.8, 4) is 0 Å². The molecule has 0 aliphatic carbocycles. The topological polar surface area (TPSA) is 92.9 Å². The van der Waals surface area contributed by atoms with E-state index in [2.05, 4.69) is 20.7 Å². The quantitative estimate of drug-likeness (QED) is 0.597. The summed E-state index contributed by atoms with van der Waals surface area (Å²) in [5.41, 5.74) is 2.85. The van der Waals surface area contributed by atoms with Crippen LogP contribution in [0.4, 0.5) is 11.5 Å². The van der Waals surface area contributed by atoms with Gasteiger partial charge in [0, 0.05) is 5.02 Å². The van der Waals surface area contributed by atoms with Crippen molar-refractivity contribution in [2.75, 3.05) is 10.7 Å². The van der Waals surface area contributed by atoms with Gasteiger partial charge in [-0.05, 0) is 18.2 Å². The molecule has 8 heteroatoms. The third kappa shape index (κ3) is 3.31. The molecule has 0 aliphatic rings. The highest BCUT2D eigenvalue weighted by atomic mass is 35.5. The van der Waals surface area contributed by atoms with Crippen LogP contribution < -0.4 is 16.6 Å². The summed E-state index contributed by atoms with van der Waals surface area (Å²) in [6, 6.07) is 4.76. The summed E-state index contributed by atoms with van der Waals surface area (Å²) in [5, 5.41) is 3.44. The van der Waals surface area contributed by atoms with Gasteiger partial charge in [0.2, 0.25) is 0 Å². The molecular weight excluding hydrogens is 289 g/mol. The first-order chi connectivity index (χ1) is 9.10. The summed E-state index contributed by atoms with van der Waals surface area (Å²) in [5.74, 6) is 5.07. The Morgan fingerprint density at radius 2 is 2.00 bits per heavy atom. The van der Waals surface area contributed by atoms with Crippen LogP contribution in [0.25, 0.3) is 0 Å². The van der Waals surface area contributed by atoms with Gasteiger partial charge < -0.3 is 10.7 Å². The van der Waals surface area contributed by atoms with Crippen molar-refractivity contribution < 1.29 is 4.79 Å². The van der Waals surface area contributed by atoms with Crippen molar-refractivity contribution in [1.82, 2.24) is 9.97 Å². The molecule has 19 heavy (non-hydrogen) atoms. The summed E-state index contributed by atoms with van der Waals surface area (Å²) in [6.07, 6.45) is 2.64. The van der Waals surface area contributed by atoms with E-state index >= 15 is 0 Å². The van der Waals surface area contributed by atoms with Gasteiger partial charge in [-0.25, -0.2) is 15.8 Å². The van der Waals surface area contributed by atoms with Crippen molar-refractivity contribution in [2.45, 2.75) is 0 Å². The molecule has 2 rings (SSSR count). The second-order valence-electron chi connectivity index (χ2n) is 3.51. The Hall–Kier alpha value is -1.89. The summed E-state index contributed by atoms with van der Waals surface area (Å²) in [4.78, 5) is 19.7. The number of hydrogen-bond acceptors (Lipinski definition) is 5. The first-order valence-corrected chi connectivity index (χ1v) is 5.91. The van der Waals surface area contributed by atoms with E-state index in [0.29, 0.717) is 21.6 Å². The van der Waals surface area contributed by atoms with E-state index < -0.39 is 5.91 Å². The number of amides is 1. The lowest BCUT2D eigenvalue weighted by Crippen LogP contribution is -2.15. The molecular formula is C11H9Cl2N5O. The SMILES string of the molecule is NNc1cnc(C(=O)Nc2cc(Cl)ccc2Cl)cn1. The van der Waals surface area contributed by atoms with E-state index in [4.69, 9.17) is 29.0 Å². The molecule has 4 N–H and O–H groups in total. The number of anilines is 2. The summed E-state index contributed by atoms with van der Waals surface area (Å²) >= 11 is 11.8. The average molecular weight is 298 g/mol. The third-order valence-corrected chi connectivity index (χ3v) is 2.77. The Bertz CT molecular complexity index is 603. The van der Waals surface area contributed by atoms with Crippen LogP contribution in [-0.2, 0) is 0 Å². The minimum Gasteiger partial charge on any atom is -0.319 e. The number of nitrogens with one attached hydrogen (secondary N) is 2. The van der Waals surface area contributed by atoms with E-state index in [1.165, 1.54) is 12.4 Å². The summed E-state index contributed by atoms with van der Waals surface area (Å²) in [7, 11) is 0. The van der Waals surface area contributed by atoms with Gasteiger partial charge in [-0.3, -0.25) is 4.79 Å². The maximum Gasteiger partial charge on any atom is 0.275 e. The maximum atomic E-state index is 11.9. The Kier molecular flexibility index (Phi) is 4.16. The van der Waals surface area contributed by atoms with Gasteiger partial charge >= 0.3 is 0 Å². The number of carbonyl (C=O) groups excluding carboxylic acids is 1. The lowest BCUT2D eigenvalue weighted by atomic mass is 10.3.